The molecule has 0 aliphatic heterocycles. The van der Waals surface area contributed by atoms with E-state index in [1.54, 1.807) is 0 Å². The Morgan fingerprint density at radius 1 is 0.458 bits per heavy atom. The van der Waals surface area contributed by atoms with E-state index >= 15 is 0 Å². The highest BCUT2D eigenvalue weighted by atomic mass is 16.3. The zero-order valence-corrected chi connectivity index (χ0v) is 25.8. The molecule has 4 heteroatoms. The Hall–Kier alpha value is -6.52. The van der Waals surface area contributed by atoms with E-state index in [-0.39, 0.29) is 0 Å². The summed E-state index contributed by atoms with van der Waals surface area (Å²) in [6.07, 6.45) is 0. The Kier molecular flexibility index (Phi) is 5.84. The Bertz CT molecular complexity index is 2830. The third kappa shape index (κ3) is 4.03. The Labute approximate surface area is 276 Å². The summed E-state index contributed by atoms with van der Waals surface area (Å²) in [5.41, 5.74) is 11.1. The van der Waals surface area contributed by atoms with Gasteiger partial charge in [-0.1, -0.05) is 115 Å². The molecule has 0 aliphatic carbocycles. The van der Waals surface area contributed by atoms with Gasteiger partial charge in [0.15, 0.2) is 5.82 Å². The first kappa shape index (κ1) is 26.7. The first-order chi connectivity index (χ1) is 23.8. The molecule has 4 nitrogen and oxygen atoms in total. The lowest BCUT2D eigenvalue weighted by atomic mass is 9.95. The summed E-state index contributed by atoms with van der Waals surface area (Å²) in [7, 11) is 0. The Balaban J connectivity index is 1.31. The highest BCUT2D eigenvalue weighted by Gasteiger charge is 2.22. The number of hydrogen-bond donors (Lipinski definition) is 0. The van der Waals surface area contributed by atoms with Crippen molar-refractivity contribution < 1.29 is 4.42 Å². The Morgan fingerprint density at radius 2 is 1.15 bits per heavy atom. The van der Waals surface area contributed by atoms with Crippen LogP contribution in [0.25, 0.3) is 94.1 Å². The van der Waals surface area contributed by atoms with Crippen molar-refractivity contribution in [1.82, 2.24) is 14.5 Å². The van der Waals surface area contributed by atoms with Crippen LogP contribution in [0, 0.1) is 0 Å². The van der Waals surface area contributed by atoms with Gasteiger partial charge in [0.2, 0.25) is 0 Å². The molecule has 7 aromatic carbocycles. The molecule has 0 radical (unpaired) electrons. The smallest absolute Gasteiger partial charge is 0.160 e. The van der Waals surface area contributed by atoms with Crippen molar-refractivity contribution in [1.29, 1.82) is 0 Å². The van der Waals surface area contributed by atoms with Gasteiger partial charge < -0.3 is 8.98 Å². The van der Waals surface area contributed by atoms with Crippen LogP contribution in [0.5, 0.6) is 0 Å². The topological polar surface area (TPSA) is 43.9 Å². The van der Waals surface area contributed by atoms with E-state index in [1.165, 1.54) is 10.8 Å². The fourth-order valence-electron chi connectivity index (χ4n) is 7.28. The van der Waals surface area contributed by atoms with Crippen LogP contribution in [0.2, 0.25) is 0 Å². The van der Waals surface area contributed by atoms with Crippen molar-refractivity contribution >= 4 is 54.6 Å². The summed E-state index contributed by atoms with van der Waals surface area (Å²) in [5, 5.41) is 5.51. The van der Waals surface area contributed by atoms with Gasteiger partial charge in [-0.05, 0) is 54.1 Å². The number of aromatic nitrogens is 3. The minimum Gasteiger partial charge on any atom is -0.455 e. The van der Waals surface area contributed by atoms with Crippen LogP contribution < -0.4 is 0 Å². The minimum absolute atomic E-state index is 0.680. The largest absolute Gasteiger partial charge is 0.455 e. The fourth-order valence-corrected chi connectivity index (χ4v) is 7.28. The van der Waals surface area contributed by atoms with Gasteiger partial charge in [0.25, 0.3) is 0 Å². The minimum atomic E-state index is 0.680. The number of fused-ring (bicyclic) bond motifs is 7. The van der Waals surface area contributed by atoms with Gasteiger partial charge in [0.05, 0.1) is 22.2 Å². The monoisotopic (exact) mass is 613 g/mol. The molecule has 0 atom stereocenters. The maximum Gasteiger partial charge on any atom is 0.160 e. The predicted octanol–water partition coefficient (Wildman–Crippen LogP) is 11.6. The van der Waals surface area contributed by atoms with Crippen LogP contribution in [0.3, 0.4) is 0 Å². The standard InChI is InChI=1S/C44H27N3O/c1-3-14-28(15-4-1)42-33-19-7-10-22-37(33)45-44(46-42)29-26-35-31-18-9-12-25-40(31)48-43(35)36(27-29)32-21-13-24-39-41(32)34-20-8-11-23-38(34)47(39)30-16-5-2-6-17-30/h1-27H. The molecular formula is C44H27N3O. The lowest BCUT2D eigenvalue weighted by Crippen LogP contribution is -1.96. The summed E-state index contributed by atoms with van der Waals surface area (Å²) >= 11 is 0. The van der Waals surface area contributed by atoms with Crippen LogP contribution in [-0.4, -0.2) is 14.5 Å². The van der Waals surface area contributed by atoms with Crippen molar-refractivity contribution in [3.63, 3.8) is 0 Å². The van der Waals surface area contributed by atoms with Crippen LogP contribution in [-0.2, 0) is 0 Å². The second kappa shape index (κ2) is 10.5. The number of benzene rings is 7. The number of hydrogen-bond acceptors (Lipinski definition) is 3. The van der Waals surface area contributed by atoms with E-state index in [2.05, 4.69) is 138 Å². The van der Waals surface area contributed by atoms with Gasteiger partial charge in [0.1, 0.15) is 11.2 Å². The maximum absolute atomic E-state index is 6.70. The van der Waals surface area contributed by atoms with Crippen molar-refractivity contribution in [3.05, 3.63) is 164 Å². The molecule has 0 fully saturated rings. The number of furan rings is 1. The van der Waals surface area contributed by atoms with Crippen molar-refractivity contribution in [2.45, 2.75) is 0 Å². The van der Waals surface area contributed by atoms with E-state index in [0.717, 1.165) is 77.5 Å². The molecule has 224 valence electrons. The first-order valence-electron chi connectivity index (χ1n) is 16.2. The molecule has 3 aromatic heterocycles. The number of rotatable bonds is 4. The predicted molar refractivity (Wildman–Crippen MR) is 197 cm³/mol. The summed E-state index contributed by atoms with van der Waals surface area (Å²) in [6, 6.07) is 57.1. The maximum atomic E-state index is 6.70. The molecule has 0 saturated heterocycles. The second-order valence-corrected chi connectivity index (χ2v) is 12.2. The van der Waals surface area contributed by atoms with Gasteiger partial charge >= 0.3 is 0 Å². The molecule has 0 unspecified atom stereocenters. The molecule has 48 heavy (non-hydrogen) atoms. The molecule has 0 amide bonds. The second-order valence-electron chi connectivity index (χ2n) is 12.2. The fraction of sp³-hybridized carbons (Fsp3) is 0. The molecule has 3 heterocycles. The van der Waals surface area contributed by atoms with Crippen molar-refractivity contribution in [2.24, 2.45) is 0 Å². The van der Waals surface area contributed by atoms with Crippen LogP contribution in [0.1, 0.15) is 0 Å². The quantitative estimate of drug-likeness (QED) is 0.198. The lowest BCUT2D eigenvalue weighted by molar-refractivity contribution is 0.670. The Morgan fingerprint density at radius 3 is 2.00 bits per heavy atom. The molecule has 0 N–H and O–H groups in total. The van der Waals surface area contributed by atoms with Gasteiger partial charge in [-0.2, -0.15) is 0 Å². The molecule has 0 spiro atoms. The average Bonchev–Trinajstić information content (AvgIpc) is 3.71. The average molecular weight is 614 g/mol. The summed E-state index contributed by atoms with van der Waals surface area (Å²) < 4.78 is 9.05. The van der Waals surface area contributed by atoms with Crippen LogP contribution >= 0.6 is 0 Å². The van der Waals surface area contributed by atoms with E-state index in [1.807, 2.05) is 30.3 Å². The molecule has 10 rings (SSSR count). The zero-order valence-electron chi connectivity index (χ0n) is 25.8. The summed E-state index contributed by atoms with van der Waals surface area (Å²) in [4.78, 5) is 10.4. The molecule has 10 aromatic rings. The highest BCUT2D eigenvalue weighted by molar-refractivity contribution is 6.20. The molecular weight excluding hydrogens is 587 g/mol. The van der Waals surface area contributed by atoms with E-state index in [4.69, 9.17) is 14.4 Å². The van der Waals surface area contributed by atoms with E-state index in [0.29, 0.717) is 5.82 Å². The first-order valence-corrected chi connectivity index (χ1v) is 16.2. The van der Waals surface area contributed by atoms with Crippen LogP contribution in [0.15, 0.2) is 168 Å². The molecule has 0 saturated carbocycles. The van der Waals surface area contributed by atoms with Gasteiger partial charge in [-0.15, -0.1) is 0 Å². The van der Waals surface area contributed by atoms with Crippen molar-refractivity contribution in [3.8, 4) is 39.5 Å². The van der Waals surface area contributed by atoms with Gasteiger partial charge in [-0.3, -0.25) is 0 Å². The molecule has 0 bridgehead atoms. The van der Waals surface area contributed by atoms with Gasteiger partial charge in [0, 0.05) is 49.3 Å². The third-order valence-electron chi connectivity index (χ3n) is 9.39. The third-order valence-corrected chi connectivity index (χ3v) is 9.39. The number of para-hydroxylation sites is 4. The lowest BCUT2D eigenvalue weighted by Gasteiger charge is -2.12. The molecule has 0 aliphatic rings. The van der Waals surface area contributed by atoms with E-state index < -0.39 is 0 Å². The zero-order chi connectivity index (χ0) is 31.6. The van der Waals surface area contributed by atoms with Crippen LogP contribution in [0.4, 0.5) is 0 Å². The highest BCUT2D eigenvalue weighted by Crippen LogP contribution is 2.44. The van der Waals surface area contributed by atoms with Gasteiger partial charge in [-0.25, -0.2) is 9.97 Å². The normalized spacial score (nSPS) is 11.8. The van der Waals surface area contributed by atoms with E-state index in [9.17, 15) is 0 Å². The van der Waals surface area contributed by atoms with Crippen molar-refractivity contribution in [2.75, 3.05) is 0 Å². The number of nitrogens with zero attached hydrogens (tertiary/aromatic N) is 3. The summed E-state index contributed by atoms with van der Waals surface area (Å²) in [5.74, 6) is 0.680. The summed E-state index contributed by atoms with van der Waals surface area (Å²) in [6.45, 7) is 0. The SMILES string of the molecule is c1ccc(-c2nc(-c3cc(-c4cccc5c4c4ccccc4n5-c4ccccc4)c4oc5ccccc5c4c3)nc3ccccc23)cc1.